The van der Waals surface area contributed by atoms with Crippen LogP contribution in [-0.4, -0.2) is 25.4 Å². The van der Waals surface area contributed by atoms with Crippen LogP contribution in [0.25, 0.3) is 0 Å². The molecule has 1 aliphatic heterocycles. The lowest BCUT2D eigenvalue weighted by Gasteiger charge is -2.20. The van der Waals surface area contributed by atoms with Crippen LogP contribution in [0.1, 0.15) is 38.3 Å². The van der Waals surface area contributed by atoms with Gasteiger partial charge in [-0.15, -0.1) is 0 Å². The summed E-state index contributed by atoms with van der Waals surface area (Å²) >= 11 is 0. The smallest absolute Gasteiger partial charge is 0.407 e. The second-order valence-electron chi connectivity index (χ2n) is 6.19. The first kappa shape index (κ1) is 14.9. The van der Waals surface area contributed by atoms with Crippen molar-refractivity contribution in [1.82, 2.24) is 5.32 Å². The third-order valence-corrected chi connectivity index (χ3v) is 3.39. The van der Waals surface area contributed by atoms with Crippen molar-refractivity contribution in [3.05, 3.63) is 35.4 Å². The minimum atomic E-state index is -0.373. The van der Waals surface area contributed by atoms with Gasteiger partial charge in [-0.2, -0.15) is 0 Å². The van der Waals surface area contributed by atoms with Crippen molar-refractivity contribution in [3.63, 3.8) is 0 Å². The lowest BCUT2D eigenvalue weighted by atomic mass is 9.86. The monoisotopic (exact) mass is 277 g/mol. The molecule has 0 unspecified atom stereocenters. The summed E-state index contributed by atoms with van der Waals surface area (Å²) in [6, 6.07) is 8.26. The quantitative estimate of drug-likeness (QED) is 0.924. The molecule has 1 saturated heterocycles. The second-order valence-corrected chi connectivity index (χ2v) is 6.19. The Kier molecular flexibility index (Phi) is 4.65. The van der Waals surface area contributed by atoms with Gasteiger partial charge in [-0.3, -0.25) is 0 Å². The molecule has 4 nitrogen and oxygen atoms in total. The maximum Gasteiger partial charge on any atom is 0.407 e. The van der Waals surface area contributed by atoms with Crippen LogP contribution in [0.2, 0.25) is 0 Å². The molecule has 1 N–H and O–H groups in total. The zero-order chi connectivity index (χ0) is 14.6. The first-order chi connectivity index (χ1) is 9.45. The molecule has 0 aliphatic carbocycles. The van der Waals surface area contributed by atoms with E-state index in [4.69, 9.17) is 9.47 Å². The number of alkyl carbamates (subject to hydrolysis) is 1. The summed E-state index contributed by atoms with van der Waals surface area (Å²) in [7, 11) is 0. The van der Waals surface area contributed by atoms with Crippen LogP contribution in [0, 0.1) is 0 Å². The Bertz CT molecular complexity index is 459. The molecule has 1 aromatic rings. The Morgan fingerprint density at radius 2 is 2.25 bits per heavy atom. The number of carbonyl (C=O) groups excluding carboxylic acids is 1. The van der Waals surface area contributed by atoms with Crippen molar-refractivity contribution in [2.75, 3.05) is 13.2 Å². The predicted octanol–water partition coefficient (Wildman–Crippen LogP) is 3.00. The Balaban J connectivity index is 1.85. The summed E-state index contributed by atoms with van der Waals surface area (Å²) in [6.07, 6.45) is 0.310. The van der Waals surface area contributed by atoms with Crippen molar-refractivity contribution < 1.29 is 14.3 Å². The van der Waals surface area contributed by atoms with Crippen LogP contribution in [0.4, 0.5) is 4.79 Å². The molecule has 2 rings (SSSR count). The fourth-order valence-electron chi connectivity index (χ4n) is 2.12. The molecule has 0 saturated carbocycles. The molecule has 0 radical (unpaired) electrons. The lowest BCUT2D eigenvalue weighted by molar-refractivity contribution is 0.0828. The van der Waals surface area contributed by atoms with Crippen molar-refractivity contribution in [1.29, 1.82) is 0 Å². The molecular weight excluding hydrogens is 254 g/mol. The van der Waals surface area contributed by atoms with E-state index < -0.39 is 0 Å². The number of ether oxygens (including phenoxy) is 2. The molecule has 0 aromatic heterocycles. The van der Waals surface area contributed by atoms with E-state index in [1.165, 1.54) is 5.56 Å². The van der Waals surface area contributed by atoms with Gasteiger partial charge in [0.05, 0.1) is 13.2 Å². The second kappa shape index (κ2) is 6.27. The van der Waals surface area contributed by atoms with Crippen LogP contribution in [-0.2, 0) is 21.4 Å². The molecule has 0 bridgehead atoms. The third-order valence-electron chi connectivity index (χ3n) is 3.39. The molecule has 20 heavy (non-hydrogen) atoms. The Morgan fingerprint density at radius 3 is 2.90 bits per heavy atom. The first-order valence-electron chi connectivity index (χ1n) is 7.07. The van der Waals surface area contributed by atoms with E-state index in [0.29, 0.717) is 19.8 Å². The van der Waals surface area contributed by atoms with E-state index in [9.17, 15) is 4.79 Å². The highest BCUT2D eigenvalue weighted by atomic mass is 16.6. The van der Waals surface area contributed by atoms with Crippen molar-refractivity contribution >= 4 is 6.09 Å². The standard InChI is InChI=1S/C16H23NO3/c1-16(2,3)13-6-4-5-12(9-13)10-17-15(18)20-14-7-8-19-11-14/h4-6,9,14H,7-8,10-11H2,1-3H3,(H,17,18)/t14-/m0/s1. The minimum absolute atomic E-state index is 0.101. The number of hydrogen-bond acceptors (Lipinski definition) is 3. The van der Waals surface area contributed by atoms with Gasteiger partial charge >= 0.3 is 6.09 Å². The van der Waals surface area contributed by atoms with Gasteiger partial charge in [-0.05, 0) is 16.5 Å². The topological polar surface area (TPSA) is 47.6 Å². The van der Waals surface area contributed by atoms with E-state index in [1.807, 2.05) is 12.1 Å². The number of rotatable bonds is 3. The summed E-state index contributed by atoms with van der Waals surface area (Å²) in [4.78, 5) is 11.7. The highest BCUT2D eigenvalue weighted by Crippen LogP contribution is 2.22. The van der Waals surface area contributed by atoms with E-state index in [0.717, 1.165) is 12.0 Å². The number of nitrogens with one attached hydrogen (secondary N) is 1. The molecule has 1 heterocycles. The van der Waals surface area contributed by atoms with E-state index in [1.54, 1.807) is 0 Å². The zero-order valence-electron chi connectivity index (χ0n) is 12.4. The van der Waals surface area contributed by atoms with Gasteiger partial charge in [0, 0.05) is 13.0 Å². The maximum absolute atomic E-state index is 11.7. The van der Waals surface area contributed by atoms with Gasteiger partial charge in [-0.25, -0.2) is 4.79 Å². The molecular formula is C16H23NO3. The SMILES string of the molecule is CC(C)(C)c1cccc(CNC(=O)O[C@H]2CCOC2)c1. The van der Waals surface area contributed by atoms with E-state index in [-0.39, 0.29) is 17.6 Å². The molecule has 1 atom stereocenters. The van der Waals surface area contributed by atoms with E-state index >= 15 is 0 Å². The molecule has 4 heteroatoms. The van der Waals surface area contributed by atoms with Crippen LogP contribution in [0.3, 0.4) is 0 Å². The summed E-state index contributed by atoms with van der Waals surface area (Å²) in [5, 5.41) is 2.79. The van der Waals surface area contributed by atoms with Crippen LogP contribution >= 0.6 is 0 Å². The maximum atomic E-state index is 11.7. The zero-order valence-corrected chi connectivity index (χ0v) is 12.4. The molecule has 1 aliphatic rings. The first-order valence-corrected chi connectivity index (χ1v) is 7.07. The normalized spacial score (nSPS) is 18.9. The Labute approximate surface area is 120 Å². The van der Waals surface area contributed by atoms with Crippen molar-refractivity contribution in [2.45, 2.75) is 45.3 Å². The average molecular weight is 277 g/mol. The van der Waals surface area contributed by atoms with Crippen molar-refractivity contribution in [2.24, 2.45) is 0 Å². The predicted molar refractivity (Wildman–Crippen MR) is 77.7 cm³/mol. The Morgan fingerprint density at radius 1 is 1.45 bits per heavy atom. The van der Waals surface area contributed by atoms with Crippen molar-refractivity contribution in [3.8, 4) is 0 Å². The van der Waals surface area contributed by atoms with Crippen LogP contribution < -0.4 is 5.32 Å². The summed E-state index contributed by atoms with van der Waals surface area (Å²) in [5.41, 5.74) is 2.45. The fourth-order valence-corrected chi connectivity index (χ4v) is 2.12. The largest absolute Gasteiger partial charge is 0.444 e. The molecule has 110 valence electrons. The fraction of sp³-hybridized carbons (Fsp3) is 0.562. The number of amides is 1. The number of carbonyl (C=O) groups is 1. The summed E-state index contributed by atoms with van der Waals surface area (Å²) in [5.74, 6) is 0. The van der Waals surface area contributed by atoms with Gasteiger partial charge in [0.25, 0.3) is 0 Å². The molecule has 0 spiro atoms. The lowest BCUT2D eigenvalue weighted by Crippen LogP contribution is -2.28. The molecule has 1 fully saturated rings. The summed E-state index contributed by atoms with van der Waals surface area (Å²) < 4.78 is 10.4. The molecule has 1 amide bonds. The van der Waals surface area contributed by atoms with Gasteiger partial charge < -0.3 is 14.8 Å². The number of benzene rings is 1. The number of hydrogen-bond donors (Lipinski definition) is 1. The van der Waals surface area contributed by atoms with E-state index in [2.05, 4.69) is 38.2 Å². The van der Waals surface area contributed by atoms with Gasteiger partial charge in [0.1, 0.15) is 6.10 Å². The van der Waals surface area contributed by atoms with Gasteiger partial charge in [-0.1, -0.05) is 45.0 Å². The molecule has 1 aromatic carbocycles. The van der Waals surface area contributed by atoms with Gasteiger partial charge in [0.2, 0.25) is 0 Å². The van der Waals surface area contributed by atoms with Crippen LogP contribution in [0.15, 0.2) is 24.3 Å². The van der Waals surface area contributed by atoms with Gasteiger partial charge in [0.15, 0.2) is 0 Å². The average Bonchev–Trinajstić information content (AvgIpc) is 2.88. The highest BCUT2D eigenvalue weighted by Gasteiger charge is 2.19. The highest BCUT2D eigenvalue weighted by molar-refractivity contribution is 5.67. The third kappa shape index (κ3) is 4.23. The summed E-state index contributed by atoms with van der Waals surface area (Å²) in [6.45, 7) is 8.19. The van der Waals surface area contributed by atoms with Crippen LogP contribution in [0.5, 0.6) is 0 Å². The Hall–Kier alpha value is -1.55. The minimum Gasteiger partial charge on any atom is -0.444 e.